The molecule has 0 saturated carbocycles. The second-order valence-corrected chi connectivity index (χ2v) is 1.67. The molecule has 9 heavy (non-hydrogen) atoms. The SMILES string of the molecule is C=CC=CC#CCCC. The van der Waals surface area contributed by atoms with Gasteiger partial charge in [-0.1, -0.05) is 37.5 Å². The van der Waals surface area contributed by atoms with Crippen molar-refractivity contribution in [2.45, 2.75) is 19.8 Å². The third-order valence-electron chi connectivity index (χ3n) is 0.793. The van der Waals surface area contributed by atoms with Crippen molar-refractivity contribution in [3.8, 4) is 11.8 Å². The van der Waals surface area contributed by atoms with Crippen molar-refractivity contribution in [1.82, 2.24) is 0 Å². The molecule has 0 aliphatic heterocycles. The predicted octanol–water partition coefficient (Wildman–Crippen LogP) is 2.53. The Balaban J connectivity index is 3.36. The highest BCUT2D eigenvalue weighted by molar-refractivity contribution is 5.18. The van der Waals surface area contributed by atoms with E-state index < -0.39 is 0 Å². The van der Waals surface area contributed by atoms with Crippen LogP contribution in [-0.4, -0.2) is 0 Å². The fourth-order valence-electron chi connectivity index (χ4n) is 0.372. The van der Waals surface area contributed by atoms with Gasteiger partial charge in [-0.25, -0.2) is 0 Å². The number of hydrogen-bond acceptors (Lipinski definition) is 0. The van der Waals surface area contributed by atoms with Gasteiger partial charge in [0.15, 0.2) is 0 Å². The largest absolute Gasteiger partial charge is 0.0990 e. The number of rotatable bonds is 2. The molecule has 0 heterocycles. The van der Waals surface area contributed by atoms with Crippen molar-refractivity contribution in [1.29, 1.82) is 0 Å². The maximum Gasteiger partial charge on any atom is 0.00896 e. The third-order valence-corrected chi connectivity index (χ3v) is 0.793. The molecule has 0 aromatic carbocycles. The molecule has 0 fully saturated rings. The lowest BCUT2D eigenvalue weighted by Crippen LogP contribution is -1.58. The van der Waals surface area contributed by atoms with Crippen molar-refractivity contribution in [2.24, 2.45) is 0 Å². The maximum absolute atomic E-state index is 3.52. The number of unbranched alkanes of at least 4 members (excludes halogenated alkanes) is 1. The average Bonchev–Trinajstić information content (AvgIpc) is 1.89. The summed E-state index contributed by atoms with van der Waals surface area (Å²) in [7, 11) is 0. The summed E-state index contributed by atoms with van der Waals surface area (Å²) in [4.78, 5) is 0. The molecule has 0 bridgehead atoms. The van der Waals surface area contributed by atoms with Gasteiger partial charge in [0, 0.05) is 6.42 Å². The van der Waals surface area contributed by atoms with Crippen molar-refractivity contribution >= 4 is 0 Å². The highest BCUT2D eigenvalue weighted by Crippen LogP contribution is 1.80. The molecule has 0 atom stereocenters. The van der Waals surface area contributed by atoms with Crippen LogP contribution < -0.4 is 0 Å². The van der Waals surface area contributed by atoms with Gasteiger partial charge in [0.25, 0.3) is 0 Å². The van der Waals surface area contributed by atoms with E-state index in [1.807, 2.05) is 12.2 Å². The van der Waals surface area contributed by atoms with E-state index in [0.717, 1.165) is 12.8 Å². The van der Waals surface area contributed by atoms with E-state index >= 15 is 0 Å². The topological polar surface area (TPSA) is 0 Å². The fraction of sp³-hybridized carbons (Fsp3) is 0.333. The monoisotopic (exact) mass is 120 g/mol. The highest BCUT2D eigenvalue weighted by Gasteiger charge is 1.65. The summed E-state index contributed by atoms with van der Waals surface area (Å²) in [6.45, 7) is 5.64. The second-order valence-electron chi connectivity index (χ2n) is 1.67. The van der Waals surface area contributed by atoms with Gasteiger partial charge in [-0.3, -0.25) is 0 Å². The van der Waals surface area contributed by atoms with Crippen LogP contribution in [0.2, 0.25) is 0 Å². The Labute approximate surface area is 57.3 Å². The van der Waals surface area contributed by atoms with Gasteiger partial charge < -0.3 is 0 Å². The van der Waals surface area contributed by atoms with Crippen LogP contribution in [0.1, 0.15) is 19.8 Å². The van der Waals surface area contributed by atoms with E-state index in [4.69, 9.17) is 0 Å². The summed E-state index contributed by atoms with van der Waals surface area (Å²) in [6.07, 6.45) is 7.49. The van der Waals surface area contributed by atoms with Crippen LogP contribution in [0, 0.1) is 11.8 Å². The van der Waals surface area contributed by atoms with Crippen LogP contribution >= 0.6 is 0 Å². The molecule has 0 unspecified atom stereocenters. The quantitative estimate of drug-likeness (QED) is 0.388. The Morgan fingerprint density at radius 1 is 1.56 bits per heavy atom. The standard InChI is InChI=1S/C9H12/c1-3-5-7-9-8-6-4-2/h3,5,7H,1,4,6H2,2H3. The fourth-order valence-corrected chi connectivity index (χ4v) is 0.372. The maximum atomic E-state index is 3.52. The zero-order valence-corrected chi connectivity index (χ0v) is 5.85. The molecular formula is C9H12. The van der Waals surface area contributed by atoms with E-state index in [0.29, 0.717) is 0 Å². The molecule has 0 radical (unpaired) electrons. The normalized spacial score (nSPS) is 8.56. The van der Waals surface area contributed by atoms with Crippen molar-refractivity contribution < 1.29 is 0 Å². The Morgan fingerprint density at radius 3 is 2.89 bits per heavy atom. The Morgan fingerprint density at radius 2 is 2.33 bits per heavy atom. The summed E-state index contributed by atoms with van der Waals surface area (Å²) in [5.74, 6) is 5.87. The van der Waals surface area contributed by atoms with Crippen LogP contribution in [0.4, 0.5) is 0 Å². The molecule has 0 aromatic heterocycles. The van der Waals surface area contributed by atoms with E-state index in [1.54, 1.807) is 6.08 Å². The van der Waals surface area contributed by atoms with Gasteiger partial charge >= 0.3 is 0 Å². The molecule has 0 N–H and O–H groups in total. The van der Waals surface area contributed by atoms with E-state index in [2.05, 4.69) is 25.3 Å². The van der Waals surface area contributed by atoms with Gasteiger partial charge in [0.2, 0.25) is 0 Å². The van der Waals surface area contributed by atoms with Crippen LogP contribution in [-0.2, 0) is 0 Å². The predicted molar refractivity (Wildman–Crippen MR) is 42.0 cm³/mol. The van der Waals surface area contributed by atoms with E-state index in [1.165, 1.54) is 0 Å². The molecule has 0 aliphatic carbocycles. The molecule has 48 valence electrons. The molecule has 0 heteroatoms. The zero-order valence-electron chi connectivity index (χ0n) is 5.85. The number of hydrogen-bond donors (Lipinski definition) is 0. The molecule has 0 spiro atoms. The van der Waals surface area contributed by atoms with Crippen LogP contribution in [0.3, 0.4) is 0 Å². The van der Waals surface area contributed by atoms with Crippen LogP contribution in [0.5, 0.6) is 0 Å². The second kappa shape index (κ2) is 7.04. The lowest BCUT2D eigenvalue weighted by molar-refractivity contribution is 0.983. The van der Waals surface area contributed by atoms with Crippen LogP contribution in [0.25, 0.3) is 0 Å². The van der Waals surface area contributed by atoms with Gasteiger partial charge in [0.05, 0.1) is 0 Å². The average molecular weight is 120 g/mol. The van der Waals surface area contributed by atoms with Gasteiger partial charge in [-0.05, 0) is 12.5 Å². The third kappa shape index (κ3) is 7.04. The zero-order chi connectivity index (χ0) is 6.95. The number of allylic oxidation sites excluding steroid dienone is 3. The Bertz CT molecular complexity index is 141. The molecule has 0 saturated heterocycles. The molecule has 0 amide bonds. The first-order chi connectivity index (χ1) is 4.41. The summed E-state index contributed by atoms with van der Waals surface area (Å²) >= 11 is 0. The Kier molecular flexibility index (Phi) is 6.29. The molecule has 0 nitrogen and oxygen atoms in total. The Hall–Kier alpha value is -0.960. The minimum Gasteiger partial charge on any atom is -0.0990 e. The van der Waals surface area contributed by atoms with Crippen molar-refractivity contribution in [2.75, 3.05) is 0 Å². The molecular weight excluding hydrogens is 108 g/mol. The summed E-state index contributed by atoms with van der Waals surface area (Å²) in [6, 6.07) is 0. The first-order valence-corrected chi connectivity index (χ1v) is 3.17. The van der Waals surface area contributed by atoms with E-state index in [-0.39, 0.29) is 0 Å². The minimum atomic E-state index is 0.988. The van der Waals surface area contributed by atoms with Crippen LogP contribution in [0.15, 0.2) is 24.8 Å². The smallest absolute Gasteiger partial charge is 0.00896 e. The first kappa shape index (κ1) is 8.04. The minimum absolute atomic E-state index is 0.988. The summed E-state index contributed by atoms with van der Waals surface area (Å²) in [5.41, 5.74) is 0. The van der Waals surface area contributed by atoms with Crippen molar-refractivity contribution in [3.05, 3.63) is 24.8 Å². The van der Waals surface area contributed by atoms with Gasteiger partial charge in [-0.2, -0.15) is 0 Å². The van der Waals surface area contributed by atoms with Gasteiger partial charge in [-0.15, -0.1) is 0 Å². The summed E-state index contributed by atoms with van der Waals surface area (Å²) in [5, 5.41) is 0. The first-order valence-electron chi connectivity index (χ1n) is 3.17. The lowest BCUT2D eigenvalue weighted by atomic mass is 10.3. The van der Waals surface area contributed by atoms with Gasteiger partial charge in [0.1, 0.15) is 0 Å². The molecule has 0 aliphatic rings. The summed E-state index contributed by atoms with van der Waals surface area (Å²) < 4.78 is 0. The molecule has 0 rings (SSSR count). The van der Waals surface area contributed by atoms with Crippen molar-refractivity contribution in [3.63, 3.8) is 0 Å². The molecule has 0 aromatic rings. The highest BCUT2D eigenvalue weighted by atomic mass is 13.7. The lowest BCUT2D eigenvalue weighted by Gasteiger charge is -1.73. The van der Waals surface area contributed by atoms with E-state index in [9.17, 15) is 0 Å².